The van der Waals surface area contributed by atoms with Gasteiger partial charge in [-0.2, -0.15) is 4.98 Å². The number of aromatic nitrogens is 2. The van der Waals surface area contributed by atoms with Crippen LogP contribution in [0.15, 0.2) is 22.7 Å². The van der Waals surface area contributed by atoms with Crippen molar-refractivity contribution in [1.29, 1.82) is 0 Å². The molecule has 17 heavy (non-hydrogen) atoms. The lowest BCUT2D eigenvalue weighted by Crippen LogP contribution is -2.01. The summed E-state index contributed by atoms with van der Waals surface area (Å²) in [4.78, 5) is 4.40. The molecule has 4 nitrogen and oxygen atoms in total. The topological polar surface area (TPSA) is 64.9 Å². The number of rotatable bonds is 2. The van der Waals surface area contributed by atoms with Crippen molar-refractivity contribution in [3.63, 3.8) is 0 Å². The molecule has 0 saturated heterocycles. The minimum Gasteiger partial charge on any atom is -0.399 e. The maximum absolute atomic E-state index is 5.94. The molecule has 5 heteroatoms. The van der Waals surface area contributed by atoms with Crippen molar-refractivity contribution in [1.82, 2.24) is 10.1 Å². The second kappa shape index (κ2) is 3.47. The molecule has 1 saturated carbocycles. The third-order valence-corrected chi connectivity index (χ3v) is 3.35. The van der Waals surface area contributed by atoms with Gasteiger partial charge in [0.05, 0.1) is 0 Å². The molecule has 0 atom stereocenters. The highest BCUT2D eigenvalue weighted by molar-refractivity contribution is 6.31. The molecule has 2 N–H and O–H groups in total. The predicted octanol–water partition coefficient (Wildman–Crippen LogP) is 3.02. The number of hydrogen-bond acceptors (Lipinski definition) is 4. The van der Waals surface area contributed by atoms with E-state index in [2.05, 4.69) is 17.1 Å². The number of benzene rings is 1. The third-order valence-electron chi connectivity index (χ3n) is 3.13. The quantitative estimate of drug-likeness (QED) is 0.831. The summed E-state index contributed by atoms with van der Waals surface area (Å²) < 4.78 is 5.25. The number of nitrogens with zero attached hydrogens (tertiary/aromatic N) is 2. The van der Waals surface area contributed by atoms with Gasteiger partial charge in [0.1, 0.15) is 0 Å². The predicted molar refractivity (Wildman–Crippen MR) is 65.7 cm³/mol. The SMILES string of the molecule is CC1(c2noc(-c3cc(N)cc(Cl)c3)n2)CC1. The van der Waals surface area contributed by atoms with Gasteiger partial charge in [-0.3, -0.25) is 0 Å². The van der Waals surface area contributed by atoms with Gasteiger partial charge in [-0.25, -0.2) is 0 Å². The highest BCUT2D eigenvalue weighted by atomic mass is 35.5. The fourth-order valence-electron chi connectivity index (χ4n) is 1.73. The summed E-state index contributed by atoms with van der Waals surface area (Å²) in [5.74, 6) is 1.24. The second-order valence-corrected chi connectivity index (χ2v) is 5.19. The Balaban J connectivity index is 2.00. The maximum Gasteiger partial charge on any atom is 0.258 e. The molecule has 0 aliphatic heterocycles. The van der Waals surface area contributed by atoms with E-state index in [0.29, 0.717) is 16.6 Å². The van der Waals surface area contributed by atoms with E-state index in [1.165, 1.54) is 0 Å². The van der Waals surface area contributed by atoms with E-state index in [9.17, 15) is 0 Å². The molecular formula is C12H12ClN3O. The number of anilines is 1. The van der Waals surface area contributed by atoms with Crippen molar-refractivity contribution in [2.24, 2.45) is 0 Å². The van der Waals surface area contributed by atoms with Crippen LogP contribution in [0.5, 0.6) is 0 Å². The fraction of sp³-hybridized carbons (Fsp3) is 0.333. The van der Waals surface area contributed by atoms with Crippen LogP contribution in [-0.4, -0.2) is 10.1 Å². The zero-order chi connectivity index (χ0) is 12.0. The Morgan fingerprint density at radius 3 is 2.76 bits per heavy atom. The first-order chi connectivity index (χ1) is 8.07. The van der Waals surface area contributed by atoms with Crippen molar-refractivity contribution in [3.05, 3.63) is 29.0 Å². The zero-order valence-corrected chi connectivity index (χ0v) is 10.2. The molecular weight excluding hydrogens is 238 g/mol. The lowest BCUT2D eigenvalue weighted by Gasteiger charge is -1.99. The summed E-state index contributed by atoms with van der Waals surface area (Å²) in [6, 6.07) is 5.23. The first kappa shape index (κ1) is 10.6. The Morgan fingerprint density at radius 1 is 1.35 bits per heavy atom. The van der Waals surface area contributed by atoms with E-state index >= 15 is 0 Å². The summed E-state index contributed by atoms with van der Waals surface area (Å²) in [5.41, 5.74) is 7.18. The minimum absolute atomic E-state index is 0.103. The molecule has 1 aliphatic carbocycles. The van der Waals surface area contributed by atoms with Gasteiger partial charge in [0.15, 0.2) is 5.82 Å². The lowest BCUT2D eigenvalue weighted by atomic mass is 10.1. The average molecular weight is 250 g/mol. The van der Waals surface area contributed by atoms with Crippen molar-refractivity contribution in [2.45, 2.75) is 25.2 Å². The molecule has 0 amide bonds. The first-order valence-corrected chi connectivity index (χ1v) is 5.85. The van der Waals surface area contributed by atoms with Gasteiger partial charge in [-0.05, 0) is 31.0 Å². The van der Waals surface area contributed by atoms with E-state index in [1.54, 1.807) is 18.2 Å². The summed E-state index contributed by atoms with van der Waals surface area (Å²) in [7, 11) is 0. The van der Waals surface area contributed by atoms with Gasteiger partial charge in [0, 0.05) is 21.7 Å². The monoisotopic (exact) mass is 249 g/mol. The van der Waals surface area contributed by atoms with Crippen LogP contribution in [0, 0.1) is 0 Å². The zero-order valence-electron chi connectivity index (χ0n) is 9.40. The highest BCUT2D eigenvalue weighted by Crippen LogP contribution is 2.46. The van der Waals surface area contributed by atoms with Crippen LogP contribution >= 0.6 is 11.6 Å². The molecule has 2 aromatic rings. The smallest absolute Gasteiger partial charge is 0.258 e. The highest BCUT2D eigenvalue weighted by Gasteiger charge is 2.43. The molecule has 0 bridgehead atoms. The second-order valence-electron chi connectivity index (χ2n) is 4.76. The molecule has 0 spiro atoms. The Hall–Kier alpha value is -1.55. The Bertz CT molecular complexity index is 555. The van der Waals surface area contributed by atoms with Crippen molar-refractivity contribution < 1.29 is 4.52 Å². The van der Waals surface area contributed by atoms with Crippen LogP contribution in [0.2, 0.25) is 5.02 Å². The summed E-state index contributed by atoms with van der Waals surface area (Å²) in [6.07, 6.45) is 2.23. The van der Waals surface area contributed by atoms with Crippen LogP contribution in [0.4, 0.5) is 5.69 Å². The Morgan fingerprint density at radius 2 is 2.12 bits per heavy atom. The normalized spacial score (nSPS) is 17.1. The molecule has 1 fully saturated rings. The van der Waals surface area contributed by atoms with Crippen LogP contribution in [0.1, 0.15) is 25.6 Å². The van der Waals surface area contributed by atoms with E-state index in [1.807, 2.05) is 0 Å². The van der Waals surface area contributed by atoms with Gasteiger partial charge in [0.25, 0.3) is 5.89 Å². The molecule has 1 aliphatic rings. The Kier molecular flexibility index (Phi) is 2.16. The van der Waals surface area contributed by atoms with Crippen LogP contribution < -0.4 is 5.73 Å². The van der Waals surface area contributed by atoms with Gasteiger partial charge >= 0.3 is 0 Å². The molecule has 1 aromatic heterocycles. The Labute approximate surface area is 104 Å². The van der Waals surface area contributed by atoms with Crippen molar-refractivity contribution >= 4 is 17.3 Å². The molecule has 0 radical (unpaired) electrons. The lowest BCUT2D eigenvalue weighted by molar-refractivity contribution is 0.416. The fourth-order valence-corrected chi connectivity index (χ4v) is 1.98. The van der Waals surface area contributed by atoms with Gasteiger partial charge < -0.3 is 10.3 Å². The first-order valence-electron chi connectivity index (χ1n) is 5.47. The number of halogens is 1. The van der Waals surface area contributed by atoms with E-state index < -0.39 is 0 Å². The maximum atomic E-state index is 5.94. The van der Waals surface area contributed by atoms with E-state index in [-0.39, 0.29) is 5.41 Å². The summed E-state index contributed by atoms with van der Waals surface area (Å²) in [6.45, 7) is 2.13. The van der Waals surface area contributed by atoms with Gasteiger partial charge in [-0.15, -0.1) is 0 Å². The standard InChI is InChI=1S/C12H12ClN3O/c1-12(2-3-12)11-15-10(17-16-11)7-4-8(13)6-9(14)5-7/h4-6H,2-3,14H2,1H3. The molecule has 1 aromatic carbocycles. The van der Waals surface area contributed by atoms with Gasteiger partial charge in [0.2, 0.25) is 0 Å². The van der Waals surface area contributed by atoms with E-state index in [4.69, 9.17) is 21.9 Å². The third kappa shape index (κ3) is 1.89. The average Bonchev–Trinajstić information content (AvgIpc) is 2.82. The number of hydrogen-bond donors (Lipinski definition) is 1. The molecule has 88 valence electrons. The molecule has 3 rings (SSSR count). The molecule has 1 heterocycles. The van der Waals surface area contributed by atoms with Gasteiger partial charge in [-0.1, -0.05) is 23.7 Å². The molecule has 0 unspecified atom stereocenters. The van der Waals surface area contributed by atoms with Crippen LogP contribution in [0.25, 0.3) is 11.5 Å². The summed E-state index contributed by atoms with van der Waals surface area (Å²) >= 11 is 5.94. The largest absolute Gasteiger partial charge is 0.399 e. The van der Waals surface area contributed by atoms with E-state index in [0.717, 1.165) is 24.2 Å². The number of nitrogen functional groups attached to an aromatic ring is 1. The van der Waals surface area contributed by atoms with Crippen LogP contribution in [0.3, 0.4) is 0 Å². The summed E-state index contributed by atoms with van der Waals surface area (Å²) in [5, 5.41) is 4.58. The number of nitrogens with two attached hydrogens (primary N) is 1. The van der Waals surface area contributed by atoms with Crippen LogP contribution in [-0.2, 0) is 5.41 Å². The minimum atomic E-state index is 0.103. The van der Waals surface area contributed by atoms with Crippen molar-refractivity contribution in [2.75, 3.05) is 5.73 Å². The van der Waals surface area contributed by atoms with Crippen molar-refractivity contribution in [3.8, 4) is 11.5 Å².